The average Bonchev–Trinajstić information content (AvgIpc) is 2.70. The molecule has 0 fully saturated rings. The van der Waals surface area contributed by atoms with Gasteiger partial charge in [-0.15, -0.1) is 0 Å². The number of hydrogen-bond donors (Lipinski definition) is 0. The second-order valence-electron chi connectivity index (χ2n) is 4.24. The Morgan fingerprint density at radius 1 is 1.12 bits per heavy atom. The zero-order valence-corrected chi connectivity index (χ0v) is 10.5. The highest BCUT2D eigenvalue weighted by Gasteiger charge is 2.03. The molecule has 0 aliphatic rings. The minimum Gasteiger partial charge on any atom is -0.347 e. The summed E-state index contributed by atoms with van der Waals surface area (Å²) in [5.74, 6) is 0. The first-order valence-electron chi connectivity index (χ1n) is 6.06. The lowest BCUT2D eigenvalue weighted by Crippen LogP contribution is -1.95. The molecule has 0 spiro atoms. The zero-order valence-electron chi connectivity index (χ0n) is 9.75. The highest BCUT2D eigenvalue weighted by molar-refractivity contribution is 6.35. The first kappa shape index (κ1) is 11.5. The van der Waals surface area contributed by atoms with Crippen LogP contribution in [0.15, 0.2) is 30.5 Å². The molecule has 0 aliphatic heterocycles. The summed E-state index contributed by atoms with van der Waals surface area (Å²) in [6.07, 6.45) is 7.33. The van der Waals surface area contributed by atoms with Gasteiger partial charge in [0, 0.05) is 28.7 Å². The summed E-state index contributed by atoms with van der Waals surface area (Å²) in [4.78, 5) is 0. The minimum absolute atomic E-state index is 0.852. The van der Waals surface area contributed by atoms with Crippen LogP contribution >= 0.6 is 11.6 Å². The van der Waals surface area contributed by atoms with E-state index < -0.39 is 0 Å². The number of aromatic nitrogens is 1. The van der Waals surface area contributed by atoms with E-state index in [1.807, 2.05) is 12.1 Å². The third-order valence-corrected chi connectivity index (χ3v) is 3.34. The van der Waals surface area contributed by atoms with E-state index in [9.17, 15) is 0 Å². The first-order chi connectivity index (χ1) is 7.83. The van der Waals surface area contributed by atoms with Crippen molar-refractivity contribution in [3.8, 4) is 0 Å². The van der Waals surface area contributed by atoms with Crippen molar-refractivity contribution in [2.24, 2.45) is 0 Å². The van der Waals surface area contributed by atoms with Crippen LogP contribution in [0.25, 0.3) is 10.9 Å². The fraction of sp³-hybridized carbons (Fsp3) is 0.429. The molecular weight excluding hydrogens is 218 g/mol. The van der Waals surface area contributed by atoms with E-state index in [0.29, 0.717) is 0 Å². The summed E-state index contributed by atoms with van der Waals surface area (Å²) in [5.41, 5.74) is 1.25. The number of nitrogens with zero attached hydrogens (tertiary/aromatic N) is 1. The molecule has 1 aromatic carbocycles. The van der Waals surface area contributed by atoms with Gasteiger partial charge in [-0.25, -0.2) is 0 Å². The number of hydrogen-bond acceptors (Lipinski definition) is 0. The molecule has 0 saturated carbocycles. The van der Waals surface area contributed by atoms with Gasteiger partial charge in [-0.2, -0.15) is 0 Å². The topological polar surface area (TPSA) is 4.93 Å². The van der Waals surface area contributed by atoms with E-state index in [2.05, 4.69) is 29.8 Å². The Balaban J connectivity index is 2.10. The summed E-state index contributed by atoms with van der Waals surface area (Å²) in [6, 6.07) is 8.22. The first-order valence-corrected chi connectivity index (χ1v) is 6.44. The van der Waals surface area contributed by atoms with Crippen molar-refractivity contribution in [1.29, 1.82) is 0 Å². The van der Waals surface area contributed by atoms with Crippen LogP contribution in [0.1, 0.15) is 32.6 Å². The number of unbranched alkanes of at least 4 members (excludes halogenated alkanes) is 3. The van der Waals surface area contributed by atoms with Crippen LogP contribution < -0.4 is 0 Å². The van der Waals surface area contributed by atoms with Crippen molar-refractivity contribution >= 4 is 22.5 Å². The summed E-state index contributed by atoms with van der Waals surface area (Å²) >= 11 is 6.14. The lowest BCUT2D eigenvalue weighted by atomic mass is 10.2. The fourth-order valence-corrected chi connectivity index (χ4v) is 2.32. The number of benzene rings is 1. The monoisotopic (exact) mass is 235 g/mol. The van der Waals surface area contributed by atoms with Crippen LogP contribution in [0.4, 0.5) is 0 Å². The fourth-order valence-electron chi connectivity index (χ4n) is 2.09. The van der Waals surface area contributed by atoms with Crippen LogP contribution in [0, 0.1) is 0 Å². The largest absolute Gasteiger partial charge is 0.347 e. The van der Waals surface area contributed by atoms with Gasteiger partial charge in [-0.05, 0) is 24.6 Å². The van der Waals surface area contributed by atoms with Crippen LogP contribution in [0.3, 0.4) is 0 Å². The predicted octanol–water partition coefficient (Wildman–Crippen LogP) is 4.88. The van der Waals surface area contributed by atoms with Crippen LogP contribution in [0.5, 0.6) is 0 Å². The van der Waals surface area contributed by atoms with Crippen molar-refractivity contribution in [2.75, 3.05) is 0 Å². The number of fused-ring (bicyclic) bond motifs is 1. The van der Waals surface area contributed by atoms with Gasteiger partial charge in [0.25, 0.3) is 0 Å². The molecule has 0 aliphatic carbocycles. The summed E-state index contributed by atoms with van der Waals surface area (Å²) < 4.78 is 2.30. The smallest absolute Gasteiger partial charge is 0.0499 e. The Morgan fingerprint density at radius 3 is 2.81 bits per heavy atom. The normalized spacial score (nSPS) is 11.1. The minimum atomic E-state index is 0.852. The molecule has 1 heterocycles. The molecule has 16 heavy (non-hydrogen) atoms. The molecule has 2 rings (SSSR count). The second kappa shape index (κ2) is 5.40. The highest BCUT2D eigenvalue weighted by atomic mass is 35.5. The average molecular weight is 236 g/mol. The Labute approximate surface area is 102 Å². The number of halogens is 1. The highest BCUT2D eigenvalue weighted by Crippen LogP contribution is 2.24. The van der Waals surface area contributed by atoms with Gasteiger partial charge in [0.05, 0.1) is 0 Å². The van der Waals surface area contributed by atoms with Crippen molar-refractivity contribution in [3.63, 3.8) is 0 Å². The number of rotatable bonds is 5. The Kier molecular flexibility index (Phi) is 3.89. The third kappa shape index (κ3) is 2.41. The molecule has 1 nitrogen and oxygen atoms in total. The summed E-state index contributed by atoms with van der Waals surface area (Å²) in [5, 5.41) is 2.02. The van der Waals surface area contributed by atoms with Crippen LogP contribution in [0.2, 0.25) is 5.02 Å². The molecule has 1 aromatic heterocycles. The lowest BCUT2D eigenvalue weighted by Gasteiger charge is -2.05. The Bertz CT molecular complexity index is 459. The van der Waals surface area contributed by atoms with Crippen LogP contribution in [-0.2, 0) is 6.54 Å². The number of aryl methyl sites for hydroxylation is 1. The maximum Gasteiger partial charge on any atom is 0.0499 e. The van der Waals surface area contributed by atoms with Crippen LogP contribution in [-0.4, -0.2) is 4.57 Å². The Morgan fingerprint density at radius 2 is 2.00 bits per heavy atom. The maximum absolute atomic E-state index is 6.14. The molecule has 0 bridgehead atoms. The molecule has 0 amide bonds. The van der Waals surface area contributed by atoms with Crippen molar-refractivity contribution in [3.05, 3.63) is 35.5 Å². The van der Waals surface area contributed by atoms with E-state index in [1.54, 1.807) is 0 Å². The molecule has 0 unspecified atom stereocenters. The van der Waals surface area contributed by atoms with Crippen molar-refractivity contribution < 1.29 is 0 Å². The quantitative estimate of drug-likeness (QED) is 0.652. The molecule has 2 aromatic rings. The van der Waals surface area contributed by atoms with E-state index >= 15 is 0 Å². The molecule has 0 atom stereocenters. The van der Waals surface area contributed by atoms with E-state index in [-0.39, 0.29) is 0 Å². The zero-order chi connectivity index (χ0) is 11.4. The van der Waals surface area contributed by atoms with Gasteiger partial charge in [0.15, 0.2) is 0 Å². The summed E-state index contributed by atoms with van der Waals surface area (Å²) in [7, 11) is 0. The molecular formula is C14H18ClN. The summed E-state index contributed by atoms with van der Waals surface area (Å²) in [6.45, 7) is 3.34. The van der Waals surface area contributed by atoms with Gasteiger partial charge < -0.3 is 4.57 Å². The molecule has 0 N–H and O–H groups in total. The van der Waals surface area contributed by atoms with E-state index in [0.717, 1.165) is 11.6 Å². The van der Waals surface area contributed by atoms with Crippen molar-refractivity contribution in [2.45, 2.75) is 39.2 Å². The van der Waals surface area contributed by atoms with E-state index in [1.165, 1.54) is 36.6 Å². The Hall–Kier alpha value is -0.950. The predicted molar refractivity (Wildman–Crippen MR) is 71.1 cm³/mol. The molecule has 2 heteroatoms. The standard InChI is InChI=1S/C14H18ClN/c1-2-3-4-5-10-16-11-9-12-13(15)7-6-8-14(12)16/h6-9,11H,2-5,10H2,1H3. The van der Waals surface area contributed by atoms with Gasteiger partial charge >= 0.3 is 0 Å². The second-order valence-corrected chi connectivity index (χ2v) is 4.65. The van der Waals surface area contributed by atoms with E-state index in [4.69, 9.17) is 11.6 Å². The van der Waals surface area contributed by atoms with Gasteiger partial charge in [0.2, 0.25) is 0 Å². The van der Waals surface area contributed by atoms with Gasteiger partial charge in [-0.3, -0.25) is 0 Å². The van der Waals surface area contributed by atoms with Gasteiger partial charge in [-0.1, -0.05) is 43.9 Å². The van der Waals surface area contributed by atoms with Crippen molar-refractivity contribution in [1.82, 2.24) is 4.57 Å². The lowest BCUT2D eigenvalue weighted by molar-refractivity contribution is 0.593. The SMILES string of the molecule is CCCCCCn1ccc2c(Cl)cccc21. The molecule has 86 valence electrons. The molecule has 0 radical (unpaired) electrons. The molecule has 0 saturated heterocycles. The maximum atomic E-state index is 6.14. The van der Waals surface area contributed by atoms with Gasteiger partial charge in [0.1, 0.15) is 0 Å². The third-order valence-electron chi connectivity index (χ3n) is 3.01.